The van der Waals surface area contributed by atoms with Gasteiger partial charge in [-0.2, -0.15) is 4.98 Å². The molecular formula is C16H22N4O. The Morgan fingerprint density at radius 2 is 2.05 bits per heavy atom. The predicted molar refractivity (Wildman–Crippen MR) is 81.7 cm³/mol. The summed E-state index contributed by atoms with van der Waals surface area (Å²) in [4.78, 5) is 6.68. The van der Waals surface area contributed by atoms with E-state index in [2.05, 4.69) is 46.4 Å². The lowest BCUT2D eigenvalue weighted by Crippen LogP contribution is -2.18. The van der Waals surface area contributed by atoms with Gasteiger partial charge in [0.2, 0.25) is 11.7 Å². The molecule has 2 aromatic rings. The Hall–Kier alpha value is -1.72. The van der Waals surface area contributed by atoms with Crippen molar-refractivity contribution in [3.63, 3.8) is 0 Å². The van der Waals surface area contributed by atoms with E-state index in [1.54, 1.807) is 0 Å². The normalized spacial score (nSPS) is 20.4. The molecule has 1 fully saturated rings. The molecule has 1 atom stereocenters. The summed E-state index contributed by atoms with van der Waals surface area (Å²) in [5.74, 6) is 1.75. The molecule has 0 amide bonds. The van der Waals surface area contributed by atoms with Crippen molar-refractivity contribution in [2.24, 2.45) is 5.73 Å². The average molecular weight is 286 g/mol. The SMILES string of the molecule is CN1CCCC(c2ccc(-c3noc(CN)n3)cc2)CC1. The van der Waals surface area contributed by atoms with Gasteiger partial charge < -0.3 is 15.2 Å². The number of nitrogens with zero attached hydrogens (tertiary/aromatic N) is 3. The monoisotopic (exact) mass is 286 g/mol. The minimum atomic E-state index is 0.278. The molecular weight excluding hydrogens is 264 g/mol. The van der Waals surface area contributed by atoms with Crippen molar-refractivity contribution in [1.82, 2.24) is 15.0 Å². The Balaban J connectivity index is 1.74. The van der Waals surface area contributed by atoms with Gasteiger partial charge in [-0.3, -0.25) is 0 Å². The summed E-state index contributed by atoms with van der Waals surface area (Å²) in [6.07, 6.45) is 3.77. The van der Waals surface area contributed by atoms with Crippen LogP contribution in [0.2, 0.25) is 0 Å². The second-order valence-electron chi connectivity index (χ2n) is 5.77. The molecule has 0 saturated carbocycles. The number of rotatable bonds is 3. The van der Waals surface area contributed by atoms with Crippen molar-refractivity contribution in [2.45, 2.75) is 31.7 Å². The lowest BCUT2D eigenvalue weighted by Gasteiger charge is -2.15. The highest BCUT2D eigenvalue weighted by Crippen LogP contribution is 2.29. The molecule has 5 heteroatoms. The fourth-order valence-corrected chi connectivity index (χ4v) is 2.93. The number of aromatic nitrogens is 2. The third-order valence-electron chi connectivity index (χ3n) is 4.23. The average Bonchev–Trinajstić information content (AvgIpc) is 2.90. The van der Waals surface area contributed by atoms with Crippen molar-refractivity contribution in [3.05, 3.63) is 35.7 Å². The van der Waals surface area contributed by atoms with Gasteiger partial charge in [0.1, 0.15) is 0 Å². The third-order valence-corrected chi connectivity index (χ3v) is 4.23. The van der Waals surface area contributed by atoms with Crippen LogP contribution in [-0.2, 0) is 6.54 Å². The minimum Gasteiger partial charge on any atom is -0.338 e. The van der Waals surface area contributed by atoms with Crippen LogP contribution < -0.4 is 5.73 Å². The maximum absolute atomic E-state index is 5.49. The van der Waals surface area contributed by atoms with Gasteiger partial charge in [0.05, 0.1) is 6.54 Å². The summed E-state index contributed by atoms with van der Waals surface area (Å²) >= 11 is 0. The molecule has 1 unspecified atom stereocenters. The molecule has 1 aromatic heterocycles. The number of likely N-dealkylation sites (tertiary alicyclic amines) is 1. The topological polar surface area (TPSA) is 68.2 Å². The van der Waals surface area contributed by atoms with E-state index >= 15 is 0 Å². The van der Waals surface area contributed by atoms with Crippen LogP contribution >= 0.6 is 0 Å². The van der Waals surface area contributed by atoms with E-state index in [0.29, 0.717) is 17.6 Å². The Morgan fingerprint density at radius 1 is 1.24 bits per heavy atom. The molecule has 0 radical (unpaired) electrons. The van der Waals surface area contributed by atoms with Gasteiger partial charge in [0.15, 0.2) is 0 Å². The van der Waals surface area contributed by atoms with Crippen LogP contribution in [-0.4, -0.2) is 35.2 Å². The van der Waals surface area contributed by atoms with Crippen LogP contribution in [0.15, 0.2) is 28.8 Å². The number of hydrogen-bond acceptors (Lipinski definition) is 5. The zero-order valence-electron chi connectivity index (χ0n) is 12.5. The lowest BCUT2D eigenvalue weighted by atomic mass is 9.91. The van der Waals surface area contributed by atoms with Crippen LogP contribution in [0.5, 0.6) is 0 Å². The second kappa shape index (κ2) is 6.37. The predicted octanol–water partition coefficient (Wildman–Crippen LogP) is 2.39. The Labute approximate surface area is 125 Å². The first-order valence-corrected chi connectivity index (χ1v) is 7.58. The molecule has 0 spiro atoms. The van der Waals surface area contributed by atoms with Crippen molar-refractivity contribution in [3.8, 4) is 11.4 Å². The van der Waals surface area contributed by atoms with Crippen molar-refractivity contribution < 1.29 is 4.52 Å². The lowest BCUT2D eigenvalue weighted by molar-refractivity contribution is 0.347. The maximum Gasteiger partial charge on any atom is 0.240 e. The molecule has 2 heterocycles. The Morgan fingerprint density at radius 3 is 2.76 bits per heavy atom. The van der Waals surface area contributed by atoms with Gasteiger partial charge >= 0.3 is 0 Å². The molecule has 3 rings (SSSR count). The molecule has 1 saturated heterocycles. The van der Waals surface area contributed by atoms with Crippen LogP contribution in [0.1, 0.15) is 36.6 Å². The first kappa shape index (κ1) is 14.2. The fraction of sp³-hybridized carbons (Fsp3) is 0.500. The molecule has 2 N–H and O–H groups in total. The summed E-state index contributed by atoms with van der Waals surface area (Å²) in [6.45, 7) is 2.66. The van der Waals surface area contributed by atoms with Crippen LogP contribution in [0.25, 0.3) is 11.4 Å². The maximum atomic E-state index is 5.49. The van der Waals surface area contributed by atoms with Gasteiger partial charge in [-0.05, 0) is 50.9 Å². The zero-order valence-corrected chi connectivity index (χ0v) is 12.5. The first-order valence-electron chi connectivity index (χ1n) is 7.58. The molecule has 1 aliphatic rings. The highest BCUT2D eigenvalue weighted by molar-refractivity contribution is 5.54. The Bertz CT molecular complexity index is 578. The summed E-state index contributed by atoms with van der Waals surface area (Å²) in [5.41, 5.74) is 7.88. The largest absolute Gasteiger partial charge is 0.338 e. The summed E-state index contributed by atoms with van der Waals surface area (Å²) in [6, 6.07) is 8.55. The third kappa shape index (κ3) is 3.31. The van der Waals surface area contributed by atoms with Crippen LogP contribution in [0.4, 0.5) is 0 Å². The van der Waals surface area contributed by atoms with Crippen LogP contribution in [0, 0.1) is 0 Å². The van der Waals surface area contributed by atoms with Gasteiger partial charge in [-0.15, -0.1) is 0 Å². The second-order valence-corrected chi connectivity index (χ2v) is 5.77. The van der Waals surface area contributed by atoms with E-state index in [9.17, 15) is 0 Å². The van der Waals surface area contributed by atoms with E-state index in [-0.39, 0.29) is 6.54 Å². The van der Waals surface area contributed by atoms with E-state index in [1.807, 2.05) is 0 Å². The quantitative estimate of drug-likeness (QED) is 0.938. The molecule has 1 aromatic carbocycles. The molecule has 0 aliphatic carbocycles. The standard InChI is InChI=1S/C16H22N4O/c1-20-9-2-3-12(8-10-20)13-4-6-14(7-5-13)16-18-15(11-17)21-19-16/h4-7,12H,2-3,8-11,17H2,1H3. The fourth-order valence-electron chi connectivity index (χ4n) is 2.93. The van der Waals surface area contributed by atoms with Crippen molar-refractivity contribution in [1.29, 1.82) is 0 Å². The zero-order chi connectivity index (χ0) is 14.7. The number of benzene rings is 1. The van der Waals surface area contributed by atoms with Crippen molar-refractivity contribution >= 4 is 0 Å². The highest BCUT2D eigenvalue weighted by atomic mass is 16.5. The van der Waals surface area contributed by atoms with Gasteiger partial charge in [-0.1, -0.05) is 29.4 Å². The van der Waals surface area contributed by atoms with Gasteiger partial charge in [0, 0.05) is 5.56 Å². The molecule has 1 aliphatic heterocycles. The van der Waals surface area contributed by atoms with E-state index in [4.69, 9.17) is 10.3 Å². The summed E-state index contributed by atoms with van der Waals surface area (Å²) < 4.78 is 5.05. The number of nitrogens with two attached hydrogens (primary N) is 1. The Kier molecular flexibility index (Phi) is 4.31. The van der Waals surface area contributed by atoms with Crippen LogP contribution in [0.3, 0.4) is 0 Å². The van der Waals surface area contributed by atoms with Gasteiger partial charge in [-0.25, -0.2) is 0 Å². The van der Waals surface area contributed by atoms with Crippen molar-refractivity contribution in [2.75, 3.05) is 20.1 Å². The highest BCUT2D eigenvalue weighted by Gasteiger charge is 2.17. The molecule has 5 nitrogen and oxygen atoms in total. The van der Waals surface area contributed by atoms with E-state index < -0.39 is 0 Å². The first-order chi connectivity index (χ1) is 10.3. The smallest absolute Gasteiger partial charge is 0.240 e. The van der Waals surface area contributed by atoms with Gasteiger partial charge in [0.25, 0.3) is 0 Å². The summed E-state index contributed by atoms with van der Waals surface area (Å²) in [7, 11) is 2.21. The molecule has 0 bridgehead atoms. The number of hydrogen-bond donors (Lipinski definition) is 1. The van der Waals surface area contributed by atoms with E-state index in [0.717, 1.165) is 5.56 Å². The molecule has 112 valence electrons. The minimum absolute atomic E-state index is 0.278. The summed E-state index contributed by atoms with van der Waals surface area (Å²) in [5, 5.41) is 3.95. The molecule has 21 heavy (non-hydrogen) atoms. The van der Waals surface area contributed by atoms with E-state index in [1.165, 1.54) is 37.9 Å².